The van der Waals surface area contributed by atoms with Crippen molar-refractivity contribution in [2.24, 2.45) is 11.7 Å². The number of rotatable bonds is 4. The minimum Gasteiger partial charge on any atom is -0.381 e. The molecule has 2 aliphatic rings. The minimum atomic E-state index is -0.227. The lowest BCUT2D eigenvalue weighted by Crippen LogP contribution is -2.63. The van der Waals surface area contributed by atoms with Gasteiger partial charge < -0.3 is 15.2 Å². The van der Waals surface area contributed by atoms with Gasteiger partial charge in [-0.2, -0.15) is 0 Å². The summed E-state index contributed by atoms with van der Waals surface area (Å²) in [5.74, 6) is 0.622. The molecule has 0 aromatic carbocycles. The van der Waals surface area contributed by atoms with E-state index in [1.165, 1.54) is 12.8 Å². The van der Waals surface area contributed by atoms with Gasteiger partial charge in [0.25, 0.3) is 0 Å². The average Bonchev–Trinajstić information content (AvgIpc) is 2.55. The molecule has 0 saturated carbocycles. The van der Waals surface area contributed by atoms with Crippen LogP contribution in [0.15, 0.2) is 0 Å². The van der Waals surface area contributed by atoms with Gasteiger partial charge in [0, 0.05) is 19.7 Å². The Balaban J connectivity index is 2.13. The predicted octanol–water partition coefficient (Wildman–Crippen LogP) is 2.02. The molecule has 0 amide bonds. The molecule has 4 heteroatoms. The van der Waals surface area contributed by atoms with E-state index in [9.17, 15) is 0 Å². The molecule has 0 bridgehead atoms. The van der Waals surface area contributed by atoms with Crippen LogP contribution in [0.2, 0.25) is 0 Å². The number of hydrogen-bond acceptors (Lipinski definition) is 4. The molecule has 0 aliphatic carbocycles. The maximum atomic E-state index is 6.30. The standard InChI is InChI=1S/C16H32N2O2/c1-14(2)11-16(12-17,15(3,4)20-14)18(5)9-13-7-6-8-19-10-13/h13H,6-12,17H2,1-5H3. The van der Waals surface area contributed by atoms with Crippen molar-refractivity contribution in [1.29, 1.82) is 0 Å². The number of hydrogen-bond donors (Lipinski definition) is 1. The zero-order valence-electron chi connectivity index (χ0n) is 13.9. The van der Waals surface area contributed by atoms with E-state index in [4.69, 9.17) is 15.2 Å². The molecule has 118 valence electrons. The van der Waals surface area contributed by atoms with E-state index in [2.05, 4.69) is 39.6 Å². The van der Waals surface area contributed by atoms with Crippen LogP contribution in [0.25, 0.3) is 0 Å². The van der Waals surface area contributed by atoms with Gasteiger partial charge in [0.05, 0.1) is 23.3 Å². The quantitative estimate of drug-likeness (QED) is 0.858. The number of nitrogens with zero attached hydrogens (tertiary/aromatic N) is 1. The van der Waals surface area contributed by atoms with Gasteiger partial charge in [-0.05, 0) is 59.9 Å². The highest BCUT2D eigenvalue weighted by Gasteiger charge is 2.58. The van der Waals surface area contributed by atoms with Gasteiger partial charge in [0.1, 0.15) is 0 Å². The van der Waals surface area contributed by atoms with Gasteiger partial charge in [0.2, 0.25) is 0 Å². The third-order valence-electron chi connectivity index (χ3n) is 5.23. The molecule has 0 radical (unpaired) electrons. The Hall–Kier alpha value is -0.160. The first-order chi connectivity index (χ1) is 9.22. The lowest BCUT2D eigenvalue weighted by Gasteiger charge is -2.47. The zero-order chi connectivity index (χ0) is 15.0. The number of nitrogens with two attached hydrogens (primary N) is 1. The molecule has 2 unspecified atom stereocenters. The zero-order valence-corrected chi connectivity index (χ0v) is 13.9. The third-order valence-corrected chi connectivity index (χ3v) is 5.23. The Kier molecular flexibility index (Phi) is 4.51. The minimum absolute atomic E-state index is 0.0893. The van der Waals surface area contributed by atoms with Crippen LogP contribution in [0.5, 0.6) is 0 Å². The van der Waals surface area contributed by atoms with E-state index in [0.29, 0.717) is 12.5 Å². The van der Waals surface area contributed by atoms with Crippen LogP contribution in [0, 0.1) is 5.92 Å². The molecule has 0 spiro atoms. The van der Waals surface area contributed by atoms with E-state index in [0.717, 1.165) is 26.2 Å². The third kappa shape index (κ3) is 2.89. The van der Waals surface area contributed by atoms with Gasteiger partial charge in [-0.1, -0.05) is 0 Å². The highest BCUT2D eigenvalue weighted by atomic mass is 16.5. The normalized spacial score (nSPS) is 36.5. The molecule has 20 heavy (non-hydrogen) atoms. The second kappa shape index (κ2) is 5.56. The summed E-state index contributed by atoms with van der Waals surface area (Å²) in [6, 6.07) is 0. The molecular weight excluding hydrogens is 252 g/mol. The van der Waals surface area contributed by atoms with Crippen LogP contribution < -0.4 is 5.73 Å². The van der Waals surface area contributed by atoms with E-state index in [1.54, 1.807) is 0 Å². The van der Waals surface area contributed by atoms with Crippen LogP contribution in [-0.2, 0) is 9.47 Å². The highest BCUT2D eigenvalue weighted by Crippen LogP contribution is 2.47. The molecule has 2 rings (SSSR count). The predicted molar refractivity (Wildman–Crippen MR) is 81.8 cm³/mol. The summed E-state index contributed by atoms with van der Waals surface area (Å²) < 4.78 is 11.9. The van der Waals surface area contributed by atoms with Crippen molar-refractivity contribution >= 4 is 0 Å². The molecule has 2 fully saturated rings. The topological polar surface area (TPSA) is 47.7 Å². The second-order valence-electron chi connectivity index (χ2n) is 7.75. The van der Waals surface area contributed by atoms with Gasteiger partial charge in [-0.15, -0.1) is 0 Å². The summed E-state index contributed by atoms with van der Waals surface area (Å²) in [6.45, 7) is 12.2. The molecule has 2 heterocycles. The maximum absolute atomic E-state index is 6.30. The second-order valence-corrected chi connectivity index (χ2v) is 7.75. The average molecular weight is 284 g/mol. The summed E-state index contributed by atoms with van der Waals surface area (Å²) in [5, 5.41) is 0. The Morgan fingerprint density at radius 2 is 1.95 bits per heavy atom. The first-order valence-electron chi connectivity index (χ1n) is 7.92. The van der Waals surface area contributed by atoms with Crippen LogP contribution >= 0.6 is 0 Å². The van der Waals surface area contributed by atoms with Gasteiger partial charge in [-0.25, -0.2) is 0 Å². The molecule has 4 nitrogen and oxygen atoms in total. The lowest BCUT2D eigenvalue weighted by atomic mass is 9.77. The fourth-order valence-electron chi connectivity index (χ4n) is 4.32. The van der Waals surface area contributed by atoms with E-state index in [1.807, 2.05) is 0 Å². The first-order valence-corrected chi connectivity index (χ1v) is 7.92. The Labute approximate surface area is 124 Å². The fourth-order valence-corrected chi connectivity index (χ4v) is 4.32. The molecule has 2 N–H and O–H groups in total. The summed E-state index contributed by atoms with van der Waals surface area (Å²) in [7, 11) is 2.20. The molecule has 2 atom stereocenters. The van der Waals surface area contributed by atoms with Crippen molar-refractivity contribution in [3.8, 4) is 0 Å². The molecule has 0 aromatic rings. The van der Waals surface area contributed by atoms with Gasteiger partial charge in [0.15, 0.2) is 0 Å². The SMILES string of the molecule is CN(CC1CCCOC1)C1(CN)CC(C)(C)OC1(C)C. The highest BCUT2D eigenvalue weighted by molar-refractivity contribution is 5.12. The van der Waals surface area contributed by atoms with Crippen LogP contribution in [-0.4, -0.2) is 55.0 Å². The Bertz CT molecular complexity index is 337. The van der Waals surface area contributed by atoms with Gasteiger partial charge >= 0.3 is 0 Å². The lowest BCUT2D eigenvalue weighted by molar-refractivity contribution is -0.104. The van der Waals surface area contributed by atoms with Crippen molar-refractivity contribution in [2.75, 3.05) is 33.4 Å². The summed E-state index contributed by atoms with van der Waals surface area (Å²) >= 11 is 0. The molecule has 2 saturated heterocycles. The molecule has 0 aromatic heterocycles. The van der Waals surface area contributed by atoms with E-state index >= 15 is 0 Å². The van der Waals surface area contributed by atoms with Gasteiger partial charge in [-0.3, -0.25) is 4.90 Å². The van der Waals surface area contributed by atoms with Crippen molar-refractivity contribution in [3.63, 3.8) is 0 Å². The summed E-state index contributed by atoms with van der Waals surface area (Å²) in [4.78, 5) is 2.45. The maximum Gasteiger partial charge on any atom is 0.0829 e. The largest absolute Gasteiger partial charge is 0.381 e. The van der Waals surface area contributed by atoms with E-state index < -0.39 is 0 Å². The smallest absolute Gasteiger partial charge is 0.0829 e. The van der Waals surface area contributed by atoms with E-state index in [-0.39, 0.29) is 16.7 Å². The molecular formula is C16H32N2O2. The fraction of sp³-hybridized carbons (Fsp3) is 1.00. The summed E-state index contributed by atoms with van der Waals surface area (Å²) in [6.07, 6.45) is 3.42. The van der Waals surface area contributed by atoms with Crippen LogP contribution in [0.4, 0.5) is 0 Å². The van der Waals surface area contributed by atoms with Crippen LogP contribution in [0.1, 0.15) is 47.0 Å². The van der Waals surface area contributed by atoms with Crippen molar-refractivity contribution < 1.29 is 9.47 Å². The molecule has 2 aliphatic heterocycles. The van der Waals surface area contributed by atoms with Crippen LogP contribution in [0.3, 0.4) is 0 Å². The number of ether oxygens (including phenoxy) is 2. The van der Waals surface area contributed by atoms with Crippen molar-refractivity contribution in [1.82, 2.24) is 4.90 Å². The van der Waals surface area contributed by atoms with Crippen molar-refractivity contribution in [3.05, 3.63) is 0 Å². The Morgan fingerprint density at radius 1 is 1.25 bits per heavy atom. The first kappa shape index (κ1) is 16.2. The number of likely N-dealkylation sites (N-methyl/N-ethyl adjacent to an activating group) is 1. The van der Waals surface area contributed by atoms with Crippen molar-refractivity contribution in [2.45, 2.75) is 63.7 Å². The Morgan fingerprint density at radius 3 is 2.40 bits per heavy atom. The summed E-state index contributed by atoms with van der Waals surface area (Å²) in [5.41, 5.74) is 5.79. The monoisotopic (exact) mass is 284 g/mol.